The van der Waals surface area contributed by atoms with Crippen molar-refractivity contribution in [3.8, 4) is 0 Å². The number of carboxylic acids is 1. The van der Waals surface area contributed by atoms with Crippen LogP contribution in [0.15, 0.2) is 5.38 Å². The van der Waals surface area contributed by atoms with E-state index in [1.165, 1.54) is 37.1 Å². The summed E-state index contributed by atoms with van der Waals surface area (Å²) in [7, 11) is 1.50. The molecule has 1 aromatic heterocycles. The molecule has 0 bridgehead atoms. The molecular formula is C12H18N2O3S. The highest BCUT2D eigenvalue weighted by Crippen LogP contribution is 2.16. The smallest absolute Gasteiger partial charge is 0.329 e. The highest BCUT2D eigenvalue weighted by molar-refractivity contribution is 7.09. The van der Waals surface area contributed by atoms with Crippen LogP contribution in [0.1, 0.15) is 31.5 Å². The van der Waals surface area contributed by atoms with E-state index in [-0.39, 0.29) is 12.3 Å². The third-order valence-electron chi connectivity index (χ3n) is 2.97. The first kappa shape index (κ1) is 14.6. The molecule has 5 nitrogen and oxygen atoms in total. The number of hydrogen-bond acceptors (Lipinski definition) is 4. The molecule has 18 heavy (non-hydrogen) atoms. The van der Waals surface area contributed by atoms with E-state index in [1.54, 1.807) is 0 Å². The number of aliphatic carboxylic acids is 1. The lowest BCUT2D eigenvalue weighted by Gasteiger charge is -2.31. The summed E-state index contributed by atoms with van der Waals surface area (Å²) in [6.45, 7) is 5.02. The largest absolute Gasteiger partial charge is 0.480 e. The lowest BCUT2D eigenvalue weighted by atomic mass is 10.0. The predicted octanol–water partition coefficient (Wildman–Crippen LogP) is 1.57. The van der Waals surface area contributed by atoms with Crippen LogP contribution in [-0.2, 0) is 22.4 Å². The minimum Gasteiger partial charge on any atom is -0.480 e. The number of carbonyl (C=O) groups excluding carboxylic acids is 1. The van der Waals surface area contributed by atoms with E-state index in [1.807, 2.05) is 12.3 Å². The Morgan fingerprint density at radius 1 is 1.50 bits per heavy atom. The minimum absolute atomic E-state index is 0.143. The predicted molar refractivity (Wildman–Crippen MR) is 69.7 cm³/mol. The van der Waals surface area contributed by atoms with E-state index >= 15 is 0 Å². The van der Waals surface area contributed by atoms with E-state index in [2.05, 4.69) is 4.98 Å². The number of nitrogens with zero attached hydrogens (tertiary/aromatic N) is 2. The quantitative estimate of drug-likeness (QED) is 0.881. The molecule has 1 amide bonds. The maximum atomic E-state index is 12.0. The molecule has 0 fully saturated rings. The Morgan fingerprint density at radius 3 is 2.56 bits per heavy atom. The Kier molecular flexibility index (Phi) is 4.45. The number of thiazole rings is 1. The standard InChI is InChI=1S/C12H18N2O3S/c1-5-9-13-8(7-18-9)6-10(15)14(4)12(2,3)11(16)17/h7H,5-6H2,1-4H3,(H,16,17). The van der Waals surface area contributed by atoms with Crippen LogP contribution >= 0.6 is 11.3 Å². The van der Waals surface area contributed by atoms with Crippen molar-refractivity contribution in [2.45, 2.75) is 39.2 Å². The lowest BCUT2D eigenvalue weighted by molar-refractivity contribution is -0.155. The summed E-state index contributed by atoms with van der Waals surface area (Å²) >= 11 is 1.52. The van der Waals surface area contributed by atoms with Crippen molar-refractivity contribution in [3.63, 3.8) is 0 Å². The van der Waals surface area contributed by atoms with Gasteiger partial charge in [-0.15, -0.1) is 11.3 Å². The van der Waals surface area contributed by atoms with Gasteiger partial charge in [-0.05, 0) is 20.3 Å². The van der Waals surface area contributed by atoms with Crippen molar-refractivity contribution >= 4 is 23.2 Å². The molecule has 0 atom stereocenters. The van der Waals surface area contributed by atoms with Gasteiger partial charge in [0.25, 0.3) is 0 Å². The Bertz CT molecular complexity index is 454. The molecule has 1 aromatic rings. The number of aryl methyl sites for hydroxylation is 1. The first-order valence-corrected chi connectivity index (χ1v) is 6.60. The van der Waals surface area contributed by atoms with Crippen molar-refractivity contribution < 1.29 is 14.7 Å². The first-order valence-electron chi connectivity index (χ1n) is 5.72. The maximum Gasteiger partial charge on any atom is 0.329 e. The Labute approximate surface area is 110 Å². The number of likely N-dealkylation sites (N-methyl/N-ethyl adjacent to an activating group) is 1. The third-order valence-corrected chi connectivity index (χ3v) is 4.01. The van der Waals surface area contributed by atoms with Crippen LogP contribution in [-0.4, -0.2) is 39.5 Å². The zero-order valence-electron chi connectivity index (χ0n) is 11.1. The summed E-state index contributed by atoms with van der Waals surface area (Å²) in [5, 5.41) is 11.9. The normalized spacial score (nSPS) is 11.3. The molecule has 0 aliphatic carbocycles. The molecule has 1 N–H and O–H groups in total. The van der Waals surface area contributed by atoms with Crippen LogP contribution in [0.4, 0.5) is 0 Å². The van der Waals surface area contributed by atoms with E-state index in [9.17, 15) is 9.59 Å². The highest BCUT2D eigenvalue weighted by atomic mass is 32.1. The van der Waals surface area contributed by atoms with Crippen LogP contribution in [0, 0.1) is 0 Å². The minimum atomic E-state index is -1.21. The Morgan fingerprint density at radius 2 is 2.11 bits per heavy atom. The number of carbonyl (C=O) groups is 2. The summed E-state index contributed by atoms with van der Waals surface area (Å²) in [4.78, 5) is 28.6. The van der Waals surface area contributed by atoms with E-state index in [4.69, 9.17) is 5.11 Å². The molecule has 0 unspecified atom stereocenters. The van der Waals surface area contributed by atoms with Gasteiger partial charge in [-0.1, -0.05) is 6.92 Å². The second-order valence-electron chi connectivity index (χ2n) is 4.58. The highest BCUT2D eigenvalue weighted by Gasteiger charge is 2.35. The van der Waals surface area contributed by atoms with Gasteiger partial charge in [-0.2, -0.15) is 0 Å². The van der Waals surface area contributed by atoms with Gasteiger partial charge in [0.1, 0.15) is 5.54 Å². The summed E-state index contributed by atoms with van der Waals surface area (Å²) in [5.41, 5.74) is -0.504. The number of aromatic nitrogens is 1. The van der Waals surface area contributed by atoms with Crippen LogP contribution in [0.25, 0.3) is 0 Å². The van der Waals surface area contributed by atoms with Crippen LogP contribution in [0.3, 0.4) is 0 Å². The topological polar surface area (TPSA) is 70.5 Å². The van der Waals surface area contributed by atoms with Gasteiger partial charge >= 0.3 is 5.97 Å². The van der Waals surface area contributed by atoms with Crippen molar-refractivity contribution in [3.05, 3.63) is 16.1 Å². The van der Waals surface area contributed by atoms with Crippen LogP contribution in [0.2, 0.25) is 0 Å². The van der Waals surface area contributed by atoms with Gasteiger partial charge in [0.2, 0.25) is 5.91 Å². The molecule has 1 rings (SSSR count). The molecule has 0 aromatic carbocycles. The molecule has 0 saturated heterocycles. The lowest BCUT2D eigenvalue weighted by Crippen LogP contribution is -2.51. The molecule has 0 aliphatic heterocycles. The fraction of sp³-hybridized carbons (Fsp3) is 0.583. The molecule has 1 heterocycles. The van der Waals surface area contributed by atoms with Gasteiger partial charge in [-0.3, -0.25) is 4.79 Å². The fourth-order valence-electron chi connectivity index (χ4n) is 1.32. The summed E-state index contributed by atoms with van der Waals surface area (Å²) < 4.78 is 0. The molecule has 0 radical (unpaired) electrons. The van der Waals surface area contributed by atoms with Crippen LogP contribution in [0.5, 0.6) is 0 Å². The second-order valence-corrected chi connectivity index (χ2v) is 5.52. The number of hydrogen-bond donors (Lipinski definition) is 1. The second kappa shape index (κ2) is 5.48. The van der Waals surface area contributed by atoms with Crippen LogP contribution < -0.4 is 0 Å². The fourth-order valence-corrected chi connectivity index (χ4v) is 2.07. The van der Waals surface area contributed by atoms with Crippen molar-refractivity contribution in [1.29, 1.82) is 0 Å². The number of carboxylic acid groups (broad SMARTS) is 1. The average Bonchev–Trinajstić information content (AvgIpc) is 2.75. The summed E-state index contributed by atoms with van der Waals surface area (Å²) in [6.07, 6.45) is 0.985. The molecule has 0 spiro atoms. The Hall–Kier alpha value is -1.43. The molecule has 0 saturated carbocycles. The van der Waals surface area contributed by atoms with Gasteiger partial charge in [0.05, 0.1) is 17.1 Å². The van der Waals surface area contributed by atoms with Gasteiger partial charge < -0.3 is 10.0 Å². The van der Waals surface area contributed by atoms with Crippen molar-refractivity contribution in [2.75, 3.05) is 7.05 Å². The zero-order valence-corrected chi connectivity index (χ0v) is 11.9. The third kappa shape index (κ3) is 3.07. The summed E-state index contributed by atoms with van der Waals surface area (Å²) in [5.74, 6) is -1.26. The van der Waals surface area contributed by atoms with E-state index in [0.29, 0.717) is 5.69 Å². The van der Waals surface area contributed by atoms with Gasteiger partial charge in [0, 0.05) is 12.4 Å². The monoisotopic (exact) mass is 270 g/mol. The van der Waals surface area contributed by atoms with Gasteiger partial charge in [0.15, 0.2) is 0 Å². The number of amides is 1. The SMILES string of the molecule is CCc1nc(CC(=O)N(C)C(C)(C)C(=O)O)cs1. The molecule has 0 aliphatic rings. The van der Waals surface area contributed by atoms with E-state index < -0.39 is 11.5 Å². The molecular weight excluding hydrogens is 252 g/mol. The van der Waals surface area contributed by atoms with Crippen molar-refractivity contribution in [2.24, 2.45) is 0 Å². The number of rotatable bonds is 5. The van der Waals surface area contributed by atoms with E-state index in [0.717, 1.165) is 11.4 Å². The van der Waals surface area contributed by atoms with Crippen molar-refractivity contribution in [1.82, 2.24) is 9.88 Å². The average molecular weight is 270 g/mol. The maximum absolute atomic E-state index is 12.0. The molecule has 6 heteroatoms. The molecule has 100 valence electrons. The first-order chi connectivity index (χ1) is 8.28. The zero-order chi connectivity index (χ0) is 13.9. The van der Waals surface area contributed by atoms with Gasteiger partial charge in [-0.25, -0.2) is 9.78 Å². The summed E-state index contributed by atoms with van der Waals surface area (Å²) in [6, 6.07) is 0. The Balaban J connectivity index is 2.74.